The second-order valence-electron chi connectivity index (χ2n) is 7.09. The third kappa shape index (κ3) is 4.43. The van der Waals surface area contributed by atoms with Gasteiger partial charge in [0.25, 0.3) is 5.91 Å². The lowest BCUT2D eigenvalue weighted by atomic mass is 9.80. The van der Waals surface area contributed by atoms with Crippen molar-refractivity contribution in [1.82, 2.24) is 15.2 Å². The SMILES string of the molecule is CN(C)C1(CNC(=O)c2coc(COc3ccccc3)n2)CCCCC1. The lowest BCUT2D eigenvalue weighted by Crippen LogP contribution is -2.53. The molecule has 0 atom stereocenters. The molecule has 1 aromatic heterocycles. The van der Waals surface area contributed by atoms with Crippen LogP contribution in [-0.4, -0.2) is 42.0 Å². The highest BCUT2D eigenvalue weighted by molar-refractivity contribution is 5.91. The molecule has 0 spiro atoms. The predicted octanol–water partition coefficient (Wildman–Crippen LogP) is 3.25. The number of aromatic nitrogens is 1. The van der Waals surface area contributed by atoms with Crippen LogP contribution in [0.2, 0.25) is 0 Å². The fourth-order valence-corrected chi connectivity index (χ4v) is 3.47. The quantitative estimate of drug-likeness (QED) is 0.824. The third-order valence-corrected chi connectivity index (χ3v) is 5.20. The van der Waals surface area contributed by atoms with Crippen molar-refractivity contribution in [2.75, 3.05) is 20.6 Å². The van der Waals surface area contributed by atoms with Gasteiger partial charge >= 0.3 is 0 Å². The zero-order valence-electron chi connectivity index (χ0n) is 15.5. The Hall–Kier alpha value is -2.34. The van der Waals surface area contributed by atoms with Crippen LogP contribution in [0.5, 0.6) is 5.75 Å². The average Bonchev–Trinajstić information content (AvgIpc) is 3.15. The van der Waals surface area contributed by atoms with Gasteiger partial charge in [-0.05, 0) is 39.1 Å². The van der Waals surface area contributed by atoms with E-state index >= 15 is 0 Å². The van der Waals surface area contributed by atoms with Crippen LogP contribution in [0.15, 0.2) is 41.0 Å². The molecule has 6 nitrogen and oxygen atoms in total. The van der Waals surface area contributed by atoms with Crippen molar-refractivity contribution in [2.24, 2.45) is 0 Å². The Morgan fingerprint density at radius 1 is 1.23 bits per heavy atom. The van der Waals surface area contributed by atoms with Gasteiger partial charge in [0.15, 0.2) is 12.3 Å². The fourth-order valence-electron chi connectivity index (χ4n) is 3.47. The molecule has 1 aromatic carbocycles. The molecule has 0 radical (unpaired) electrons. The van der Waals surface area contributed by atoms with Crippen LogP contribution in [-0.2, 0) is 6.61 Å². The Morgan fingerprint density at radius 3 is 2.65 bits per heavy atom. The highest BCUT2D eigenvalue weighted by atomic mass is 16.5. The number of nitrogens with zero attached hydrogens (tertiary/aromatic N) is 2. The van der Waals surface area contributed by atoms with Crippen molar-refractivity contribution >= 4 is 5.91 Å². The molecule has 1 saturated carbocycles. The molecule has 1 fully saturated rings. The summed E-state index contributed by atoms with van der Waals surface area (Å²) in [5.74, 6) is 0.924. The first-order valence-electron chi connectivity index (χ1n) is 9.17. The van der Waals surface area contributed by atoms with Gasteiger partial charge in [0.05, 0.1) is 0 Å². The highest BCUT2D eigenvalue weighted by Gasteiger charge is 2.34. The summed E-state index contributed by atoms with van der Waals surface area (Å²) in [6, 6.07) is 9.45. The van der Waals surface area contributed by atoms with Crippen LogP contribution in [0.4, 0.5) is 0 Å². The number of nitrogens with one attached hydrogen (secondary N) is 1. The van der Waals surface area contributed by atoms with E-state index in [9.17, 15) is 4.79 Å². The number of carbonyl (C=O) groups is 1. The van der Waals surface area contributed by atoms with Gasteiger partial charge in [-0.3, -0.25) is 4.79 Å². The van der Waals surface area contributed by atoms with Crippen LogP contribution in [0.1, 0.15) is 48.5 Å². The molecule has 3 rings (SSSR count). The Morgan fingerprint density at radius 2 is 1.96 bits per heavy atom. The van der Waals surface area contributed by atoms with E-state index in [4.69, 9.17) is 9.15 Å². The molecule has 1 amide bonds. The van der Waals surface area contributed by atoms with Gasteiger partial charge in [0.1, 0.15) is 12.0 Å². The number of para-hydroxylation sites is 1. The van der Waals surface area contributed by atoms with E-state index in [0.29, 0.717) is 18.1 Å². The molecule has 1 heterocycles. The standard InChI is InChI=1S/C20H27N3O3/c1-23(2)20(11-7-4-8-12-20)15-21-19(24)17-13-26-18(22-17)14-25-16-9-5-3-6-10-16/h3,5-6,9-10,13H,4,7-8,11-12,14-15H2,1-2H3,(H,21,24). The van der Waals surface area contributed by atoms with Crippen LogP contribution in [0.25, 0.3) is 0 Å². The summed E-state index contributed by atoms with van der Waals surface area (Å²) >= 11 is 0. The Balaban J connectivity index is 1.54. The third-order valence-electron chi connectivity index (χ3n) is 5.20. The maximum atomic E-state index is 12.4. The van der Waals surface area contributed by atoms with Crippen LogP contribution in [0, 0.1) is 0 Å². The molecule has 140 valence electrons. The molecule has 1 aliphatic carbocycles. The molecule has 26 heavy (non-hydrogen) atoms. The fraction of sp³-hybridized carbons (Fsp3) is 0.500. The predicted molar refractivity (Wildman–Crippen MR) is 99.1 cm³/mol. The average molecular weight is 357 g/mol. The second-order valence-corrected chi connectivity index (χ2v) is 7.09. The van der Waals surface area contributed by atoms with Crippen molar-refractivity contribution in [2.45, 2.75) is 44.2 Å². The Labute approximate surface area is 154 Å². The number of rotatable bonds is 7. The molecular weight excluding hydrogens is 330 g/mol. The minimum absolute atomic E-state index is 0.0386. The molecule has 1 N–H and O–H groups in total. The summed E-state index contributed by atoms with van der Waals surface area (Å²) < 4.78 is 11.0. The number of oxazole rings is 1. The number of hydrogen-bond acceptors (Lipinski definition) is 5. The zero-order chi connectivity index (χ0) is 18.4. The van der Waals surface area contributed by atoms with Crippen molar-refractivity contribution in [3.63, 3.8) is 0 Å². The van der Waals surface area contributed by atoms with E-state index < -0.39 is 0 Å². The van der Waals surface area contributed by atoms with E-state index in [-0.39, 0.29) is 18.1 Å². The molecule has 6 heteroatoms. The van der Waals surface area contributed by atoms with Gasteiger partial charge in [-0.25, -0.2) is 4.98 Å². The zero-order valence-corrected chi connectivity index (χ0v) is 15.5. The van der Waals surface area contributed by atoms with Gasteiger partial charge in [0.2, 0.25) is 5.89 Å². The lowest BCUT2D eigenvalue weighted by molar-refractivity contribution is 0.0796. The molecule has 0 bridgehead atoms. The number of hydrogen-bond donors (Lipinski definition) is 1. The van der Waals surface area contributed by atoms with Crippen LogP contribution < -0.4 is 10.1 Å². The Kier molecular flexibility index (Phi) is 5.93. The lowest BCUT2D eigenvalue weighted by Gasteiger charge is -2.43. The maximum Gasteiger partial charge on any atom is 0.273 e. The van der Waals surface area contributed by atoms with E-state index in [1.165, 1.54) is 25.5 Å². The van der Waals surface area contributed by atoms with Gasteiger partial charge in [-0.1, -0.05) is 37.5 Å². The summed E-state index contributed by atoms with van der Waals surface area (Å²) in [7, 11) is 4.18. The monoisotopic (exact) mass is 357 g/mol. The molecule has 0 aliphatic heterocycles. The molecular formula is C20H27N3O3. The van der Waals surface area contributed by atoms with E-state index in [1.54, 1.807) is 0 Å². The number of amides is 1. The number of carbonyl (C=O) groups excluding carboxylic acids is 1. The van der Waals surface area contributed by atoms with Gasteiger partial charge in [-0.2, -0.15) is 0 Å². The minimum atomic E-state index is -0.202. The highest BCUT2D eigenvalue weighted by Crippen LogP contribution is 2.31. The smallest absolute Gasteiger partial charge is 0.273 e. The first-order valence-corrected chi connectivity index (χ1v) is 9.17. The van der Waals surface area contributed by atoms with E-state index in [2.05, 4.69) is 29.3 Å². The van der Waals surface area contributed by atoms with Gasteiger partial charge in [0, 0.05) is 12.1 Å². The molecule has 0 saturated heterocycles. The summed E-state index contributed by atoms with van der Waals surface area (Å²) in [6.45, 7) is 0.820. The second kappa shape index (κ2) is 8.36. The largest absolute Gasteiger partial charge is 0.484 e. The number of ether oxygens (including phenoxy) is 1. The molecule has 0 unspecified atom stereocenters. The van der Waals surface area contributed by atoms with Crippen molar-refractivity contribution < 1.29 is 13.9 Å². The van der Waals surface area contributed by atoms with E-state index in [0.717, 1.165) is 18.6 Å². The summed E-state index contributed by atoms with van der Waals surface area (Å²) in [4.78, 5) is 18.9. The first-order chi connectivity index (χ1) is 12.6. The normalized spacial score (nSPS) is 16.4. The first kappa shape index (κ1) is 18.5. The molecule has 2 aromatic rings. The minimum Gasteiger partial charge on any atom is -0.484 e. The van der Waals surface area contributed by atoms with Crippen LogP contribution >= 0.6 is 0 Å². The van der Waals surface area contributed by atoms with E-state index in [1.807, 2.05) is 30.3 Å². The van der Waals surface area contributed by atoms with Crippen molar-refractivity contribution in [3.05, 3.63) is 48.2 Å². The van der Waals surface area contributed by atoms with Gasteiger partial charge in [-0.15, -0.1) is 0 Å². The summed E-state index contributed by atoms with van der Waals surface area (Å²) in [6.07, 6.45) is 7.29. The van der Waals surface area contributed by atoms with Crippen molar-refractivity contribution in [1.29, 1.82) is 0 Å². The Bertz CT molecular complexity index is 706. The van der Waals surface area contributed by atoms with Crippen molar-refractivity contribution in [3.8, 4) is 5.75 Å². The summed E-state index contributed by atoms with van der Waals surface area (Å²) in [5.41, 5.74) is 0.332. The topological polar surface area (TPSA) is 67.6 Å². The number of likely N-dealkylation sites (N-methyl/N-ethyl adjacent to an activating group) is 1. The maximum absolute atomic E-state index is 12.4. The summed E-state index contributed by atoms with van der Waals surface area (Å²) in [5, 5.41) is 3.03. The van der Waals surface area contributed by atoms with Crippen LogP contribution in [0.3, 0.4) is 0 Å². The van der Waals surface area contributed by atoms with Gasteiger partial charge < -0.3 is 19.4 Å². The number of benzene rings is 1. The molecule has 1 aliphatic rings.